The van der Waals surface area contributed by atoms with Crippen LogP contribution >= 0.6 is 11.8 Å². The first-order valence-corrected chi connectivity index (χ1v) is 11.9. The van der Waals surface area contributed by atoms with E-state index in [1.807, 2.05) is 0 Å². The number of esters is 2. The summed E-state index contributed by atoms with van der Waals surface area (Å²) in [5.74, 6) is -4.47. The minimum atomic E-state index is -1.09. The summed E-state index contributed by atoms with van der Waals surface area (Å²) in [4.78, 5) is 41.2. The second-order valence-electron chi connectivity index (χ2n) is 7.73. The summed E-state index contributed by atoms with van der Waals surface area (Å²) in [6, 6.07) is 10.7. The number of carbonyl (C=O) groups excluding carboxylic acids is 3. The minimum absolute atomic E-state index is 0.0215. The molecule has 10 heteroatoms. The van der Waals surface area contributed by atoms with Crippen LogP contribution in [0.3, 0.4) is 0 Å². The molecule has 1 amide bonds. The van der Waals surface area contributed by atoms with Gasteiger partial charge in [-0.3, -0.25) is 9.69 Å². The number of nitrogens with two attached hydrogens (primary N) is 1. The zero-order valence-corrected chi connectivity index (χ0v) is 20.2. The van der Waals surface area contributed by atoms with Crippen molar-refractivity contribution < 1.29 is 32.6 Å². The van der Waals surface area contributed by atoms with Gasteiger partial charge in [-0.1, -0.05) is 36.0 Å². The van der Waals surface area contributed by atoms with Gasteiger partial charge in [0.25, 0.3) is 5.91 Å². The second-order valence-corrected chi connectivity index (χ2v) is 8.77. The van der Waals surface area contributed by atoms with Gasteiger partial charge in [-0.15, -0.1) is 0 Å². The predicted molar refractivity (Wildman–Crippen MR) is 129 cm³/mol. The number of ether oxygens (including phenoxy) is 2. The third-order valence-corrected chi connectivity index (χ3v) is 6.70. The lowest BCUT2D eigenvalue weighted by molar-refractivity contribution is -0.139. The number of hydrogen-bond donors (Lipinski definition) is 1. The van der Waals surface area contributed by atoms with Crippen LogP contribution in [0.5, 0.6) is 0 Å². The molecule has 0 fully saturated rings. The Morgan fingerprint density at radius 1 is 0.917 bits per heavy atom. The van der Waals surface area contributed by atoms with Crippen molar-refractivity contribution >= 4 is 34.5 Å². The van der Waals surface area contributed by atoms with E-state index < -0.39 is 35.4 Å². The number of halogens is 2. The third-order valence-electron chi connectivity index (χ3n) is 5.53. The summed E-state index contributed by atoms with van der Waals surface area (Å²) in [5, 5.41) is 0.139. The SMILES string of the molecule is CCOC(=O)C1=C(N)N2C(=O)C=C(c3ccc(F)cc3)SC2=C(C(=O)OCC)C1c1ccc(F)cc1. The lowest BCUT2D eigenvalue weighted by Gasteiger charge is -2.38. The Morgan fingerprint density at radius 2 is 1.44 bits per heavy atom. The van der Waals surface area contributed by atoms with Gasteiger partial charge in [-0.25, -0.2) is 18.4 Å². The first kappa shape index (κ1) is 25.2. The molecule has 0 bridgehead atoms. The fourth-order valence-corrected chi connectivity index (χ4v) is 5.20. The topological polar surface area (TPSA) is 98.9 Å². The van der Waals surface area contributed by atoms with Crippen LogP contribution in [0.2, 0.25) is 0 Å². The van der Waals surface area contributed by atoms with Crippen LogP contribution in [0.4, 0.5) is 8.78 Å². The summed E-state index contributed by atoms with van der Waals surface area (Å²) in [7, 11) is 0. The average Bonchev–Trinajstić information content (AvgIpc) is 2.84. The minimum Gasteiger partial charge on any atom is -0.463 e. The molecular weight excluding hydrogens is 490 g/mol. The molecule has 0 saturated carbocycles. The number of carbonyl (C=O) groups is 3. The molecule has 2 aromatic carbocycles. The molecule has 0 saturated heterocycles. The molecule has 1 atom stereocenters. The fraction of sp³-hybridized carbons (Fsp3) is 0.192. The van der Waals surface area contributed by atoms with Gasteiger partial charge in [0.05, 0.1) is 30.3 Å². The van der Waals surface area contributed by atoms with Gasteiger partial charge in [0.1, 0.15) is 22.5 Å². The lowest BCUT2D eigenvalue weighted by Crippen LogP contribution is -2.42. The number of thioether (sulfide) groups is 1. The van der Waals surface area contributed by atoms with E-state index in [0.717, 1.165) is 16.7 Å². The van der Waals surface area contributed by atoms with Crippen LogP contribution in [-0.2, 0) is 23.9 Å². The summed E-state index contributed by atoms with van der Waals surface area (Å²) >= 11 is 1.06. The lowest BCUT2D eigenvalue weighted by atomic mass is 9.82. The van der Waals surface area contributed by atoms with Gasteiger partial charge in [-0.05, 0) is 49.2 Å². The molecule has 2 aliphatic heterocycles. The molecule has 2 aliphatic rings. The molecule has 0 spiro atoms. The maximum atomic E-state index is 13.7. The number of nitrogens with zero attached hydrogens (tertiary/aromatic N) is 1. The quantitative estimate of drug-likeness (QED) is 0.580. The average molecular weight is 513 g/mol. The molecule has 1 unspecified atom stereocenters. The molecule has 0 aliphatic carbocycles. The third kappa shape index (κ3) is 4.64. The van der Waals surface area contributed by atoms with E-state index in [4.69, 9.17) is 15.2 Å². The van der Waals surface area contributed by atoms with Gasteiger partial charge < -0.3 is 15.2 Å². The highest BCUT2D eigenvalue weighted by molar-refractivity contribution is 8.11. The fourth-order valence-electron chi connectivity index (χ4n) is 3.99. The maximum absolute atomic E-state index is 13.7. The molecular formula is C26H22F2N2O5S. The van der Waals surface area contributed by atoms with Gasteiger partial charge in [0, 0.05) is 11.0 Å². The van der Waals surface area contributed by atoms with Crippen molar-refractivity contribution in [2.45, 2.75) is 19.8 Å². The van der Waals surface area contributed by atoms with Gasteiger partial charge in [-0.2, -0.15) is 0 Å². The van der Waals surface area contributed by atoms with Crippen molar-refractivity contribution in [1.82, 2.24) is 4.90 Å². The summed E-state index contributed by atoms with van der Waals surface area (Å²) in [6.45, 7) is 3.28. The summed E-state index contributed by atoms with van der Waals surface area (Å²) < 4.78 is 37.8. The molecule has 0 radical (unpaired) electrons. The van der Waals surface area contributed by atoms with E-state index >= 15 is 0 Å². The Labute approximate surface area is 210 Å². The number of benzene rings is 2. The van der Waals surface area contributed by atoms with Crippen LogP contribution in [0, 0.1) is 11.6 Å². The monoisotopic (exact) mass is 512 g/mol. The van der Waals surface area contributed by atoms with Crippen molar-refractivity contribution in [2.75, 3.05) is 13.2 Å². The number of hydrogen-bond acceptors (Lipinski definition) is 7. The first-order valence-electron chi connectivity index (χ1n) is 11.1. The Morgan fingerprint density at radius 3 is 2.00 bits per heavy atom. The molecule has 2 heterocycles. The second kappa shape index (κ2) is 10.4. The number of amides is 1. The molecule has 7 nitrogen and oxygen atoms in total. The zero-order valence-electron chi connectivity index (χ0n) is 19.4. The summed E-state index contributed by atoms with van der Waals surface area (Å²) in [5.41, 5.74) is 7.15. The first-order chi connectivity index (χ1) is 17.3. The standard InChI is InChI=1S/C26H22F2N2O5S/c1-3-34-25(32)21-20(15-7-11-17(28)12-8-15)22(26(33)35-4-2)24-30(23(21)29)19(31)13-18(36-24)14-5-9-16(27)10-6-14/h5-13,20H,3-4,29H2,1-2H3. The molecule has 186 valence electrons. The van der Waals surface area contributed by atoms with Crippen LogP contribution in [0.25, 0.3) is 4.91 Å². The Balaban J connectivity index is 1.98. The smallest absolute Gasteiger partial charge is 0.338 e. The molecule has 4 rings (SSSR count). The van der Waals surface area contributed by atoms with E-state index in [0.29, 0.717) is 16.0 Å². The Kier molecular flexibility index (Phi) is 7.25. The highest BCUT2D eigenvalue weighted by Crippen LogP contribution is 2.50. The van der Waals surface area contributed by atoms with Crippen molar-refractivity contribution in [1.29, 1.82) is 0 Å². The van der Waals surface area contributed by atoms with E-state index in [2.05, 4.69) is 0 Å². The normalized spacial score (nSPS) is 17.6. The van der Waals surface area contributed by atoms with Crippen LogP contribution < -0.4 is 5.73 Å². The number of rotatable bonds is 6. The highest BCUT2D eigenvalue weighted by Gasteiger charge is 2.46. The molecule has 2 N–H and O–H groups in total. The van der Waals surface area contributed by atoms with E-state index in [1.165, 1.54) is 54.6 Å². The molecule has 36 heavy (non-hydrogen) atoms. The zero-order chi connectivity index (χ0) is 26.0. The summed E-state index contributed by atoms with van der Waals surface area (Å²) in [6.07, 6.45) is 1.29. The van der Waals surface area contributed by atoms with Crippen molar-refractivity contribution in [3.63, 3.8) is 0 Å². The van der Waals surface area contributed by atoms with Crippen LogP contribution in [-0.4, -0.2) is 36.0 Å². The van der Waals surface area contributed by atoms with Gasteiger partial charge in [0.15, 0.2) is 0 Å². The van der Waals surface area contributed by atoms with Crippen molar-refractivity contribution in [3.8, 4) is 0 Å². The van der Waals surface area contributed by atoms with Crippen molar-refractivity contribution in [2.24, 2.45) is 5.73 Å². The number of fused-ring (bicyclic) bond motifs is 1. The Bertz CT molecular complexity index is 1320. The highest BCUT2D eigenvalue weighted by atomic mass is 32.2. The Hall–Kier alpha value is -3.92. The van der Waals surface area contributed by atoms with E-state index in [-0.39, 0.29) is 35.2 Å². The van der Waals surface area contributed by atoms with Crippen LogP contribution in [0.15, 0.2) is 76.6 Å². The van der Waals surface area contributed by atoms with E-state index in [9.17, 15) is 23.2 Å². The largest absolute Gasteiger partial charge is 0.463 e. The molecule has 0 aromatic heterocycles. The predicted octanol–water partition coefficient (Wildman–Crippen LogP) is 4.19. The maximum Gasteiger partial charge on any atom is 0.338 e. The van der Waals surface area contributed by atoms with E-state index in [1.54, 1.807) is 13.8 Å². The van der Waals surface area contributed by atoms with Gasteiger partial charge in [0.2, 0.25) is 0 Å². The van der Waals surface area contributed by atoms with Crippen LogP contribution in [0.1, 0.15) is 30.9 Å². The molecule has 2 aromatic rings. The van der Waals surface area contributed by atoms with Gasteiger partial charge >= 0.3 is 11.9 Å². The van der Waals surface area contributed by atoms with Crippen molar-refractivity contribution in [3.05, 3.63) is 99.4 Å².